The maximum atomic E-state index is 11.8. The topological polar surface area (TPSA) is 72.8 Å². The Morgan fingerprint density at radius 2 is 2.32 bits per heavy atom. The van der Waals surface area contributed by atoms with Crippen LogP contribution < -0.4 is 11.3 Å². The normalized spacial score (nSPS) is 13.1. The lowest BCUT2D eigenvalue weighted by Crippen LogP contribution is -2.18. The van der Waals surface area contributed by atoms with Crippen molar-refractivity contribution >= 4 is 33.2 Å². The van der Waals surface area contributed by atoms with Crippen LogP contribution in [0.3, 0.4) is 0 Å². The number of hydrogen-bond donors (Lipinski definition) is 1. The molecule has 2 rings (SSSR count). The molecule has 7 heteroatoms. The van der Waals surface area contributed by atoms with Gasteiger partial charge in [-0.1, -0.05) is 11.8 Å². The summed E-state index contributed by atoms with van der Waals surface area (Å²) >= 11 is 2.84. The van der Waals surface area contributed by atoms with Crippen molar-refractivity contribution in [3.63, 3.8) is 0 Å². The molecule has 2 aromatic heterocycles. The molecule has 102 valence electrons. The first-order chi connectivity index (χ1) is 8.85. The van der Waals surface area contributed by atoms with Gasteiger partial charge in [-0.3, -0.25) is 14.2 Å². The van der Waals surface area contributed by atoms with Crippen LogP contribution in [0.1, 0.15) is 26.5 Å². The number of thioether (sulfide) groups is 1. The predicted octanol–water partition coefficient (Wildman–Crippen LogP) is 2.10. The van der Waals surface area contributed by atoms with Gasteiger partial charge >= 0.3 is 0 Å². The molecule has 0 aliphatic rings. The second-order valence-corrected chi connectivity index (χ2v) is 6.92. The number of nitrogens with zero attached hydrogens (tertiary/aromatic N) is 3. The molecule has 0 aliphatic carbocycles. The van der Waals surface area contributed by atoms with Crippen LogP contribution in [-0.4, -0.2) is 20.1 Å². The third-order valence-electron chi connectivity index (χ3n) is 2.17. The molecule has 0 saturated heterocycles. The molecule has 0 aromatic carbocycles. The average Bonchev–Trinajstić information content (AvgIpc) is 2.72. The fourth-order valence-electron chi connectivity index (χ4n) is 1.47. The average molecular weight is 296 g/mol. The van der Waals surface area contributed by atoms with Gasteiger partial charge in [-0.25, -0.2) is 4.98 Å². The number of rotatable bonds is 2. The Kier molecular flexibility index (Phi) is 3.96. The van der Waals surface area contributed by atoms with Crippen LogP contribution >= 0.6 is 23.1 Å². The molecule has 0 aliphatic heterocycles. The first kappa shape index (κ1) is 14.1. The number of aromatic nitrogens is 2. The van der Waals surface area contributed by atoms with Gasteiger partial charge in [0, 0.05) is 23.4 Å². The van der Waals surface area contributed by atoms with Gasteiger partial charge in [0.2, 0.25) is 0 Å². The van der Waals surface area contributed by atoms with E-state index in [-0.39, 0.29) is 11.1 Å². The second kappa shape index (κ2) is 5.34. The van der Waals surface area contributed by atoms with Crippen molar-refractivity contribution in [1.82, 2.24) is 9.38 Å². The van der Waals surface area contributed by atoms with E-state index in [2.05, 4.69) is 9.98 Å². The second-order valence-electron chi connectivity index (χ2n) is 5.05. The highest BCUT2D eigenvalue weighted by molar-refractivity contribution is 8.13. The van der Waals surface area contributed by atoms with E-state index < -0.39 is 0 Å². The molecule has 5 nitrogen and oxygen atoms in total. The van der Waals surface area contributed by atoms with Gasteiger partial charge in [0.1, 0.15) is 0 Å². The van der Waals surface area contributed by atoms with Crippen molar-refractivity contribution in [2.24, 2.45) is 10.7 Å². The maximum Gasteiger partial charge on any atom is 0.258 e. The highest BCUT2D eigenvalue weighted by Crippen LogP contribution is 2.15. The van der Waals surface area contributed by atoms with Gasteiger partial charge < -0.3 is 5.73 Å². The van der Waals surface area contributed by atoms with E-state index in [9.17, 15) is 4.79 Å². The molecule has 0 spiro atoms. The van der Waals surface area contributed by atoms with Gasteiger partial charge in [0.15, 0.2) is 10.1 Å². The lowest BCUT2D eigenvalue weighted by Gasteiger charge is -2.12. The summed E-state index contributed by atoms with van der Waals surface area (Å²) in [5.41, 5.74) is 6.31. The van der Waals surface area contributed by atoms with E-state index >= 15 is 0 Å². The van der Waals surface area contributed by atoms with Crippen molar-refractivity contribution in [2.45, 2.75) is 32.1 Å². The number of thiazole rings is 1. The van der Waals surface area contributed by atoms with Gasteiger partial charge in [-0.15, -0.1) is 11.3 Å². The molecule has 0 fully saturated rings. The Labute approximate surface area is 119 Å². The minimum absolute atomic E-state index is 0.0619. The number of amidine groups is 1. The Hall–Kier alpha value is -1.34. The first-order valence-electron chi connectivity index (χ1n) is 5.79. The van der Waals surface area contributed by atoms with E-state index in [1.165, 1.54) is 33.6 Å². The summed E-state index contributed by atoms with van der Waals surface area (Å²) in [7, 11) is 0. The molecule has 2 heterocycles. The van der Waals surface area contributed by atoms with Crippen LogP contribution in [-0.2, 0) is 5.75 Å². The zero-order valence-corrected chi connectivity index (χ0v) is 12.7. The van der Waals surface area contributed by atoms with Gasteiger partial charge in [0.05, 0.1) is 11.2 Å². The Morgan fingerprint density at radius 1 is 1.58 bits per heavy atom. The van der Waals surface area contributed by atoms with Crippen molar-refractivity contribution in [2.75, 3.05) is 0 Å². The summed E-state index contributed by atoms with van der Waals surface area (Å²) in [4.78, 5) is 21.3. The zero-order chi connectivity index (χ0) is 14.0. The molecule has 0 atom stereocenters. The number of nitrogens with two attached hydrogens (primary N) is 1. The van der Waals surface area contributed by atoms with Gasteiger partial charge in [-0.05, 0) is 20.8 Å². The number of hydrogen-bond acceptors (Lipinski definition) is 5. The summed E-state index contributed by atoms with van der Waals surface area (Å²) in [6.07, 6.45) is 1.72. The molecular formula is C12H16N4OS2. The molecule has 0 bridgehead atoms. The van der Waals surface area contributed by atoms with Crippen molar-refractivity contribution in [1.29, 1.82) is 0 Å². The highest BCUT2D eigenvalue weighted by atomic mass is 32.2. The SMILES string of the molecule is CC(C)(C)N=C(N)SCc1cc(=O)n2ccsc2n1. The number of fused-ring (bicyclic) bond motifs is 1. The lowest BCUT2D eigenvalue weighted by molar-refractivity contribution is 0.585. The van der Waals surface area contributed by atoms with Crippen LogP contribution in [0.5, 0.6) is 0 Å². The molecule has 0 radical (unpaired) electrons. The van der Waals surface area contributed by atoms with Gasteiger partial charge in [0.25, 0.3) is 5.56 Å². The third kappa shape index (κ3) is 3.81. The first-order valence-corrected chi connectivity index (χ1v) is 7.65. The predicted molar refractivity (Wildman–Crippen MR) is 82.0 cm³/mol. The van der Waals surface area contributed by atoms with E-state index in [0.717, 1.165) is 5.69 Å². The molecule has 0 unspecified atom stereocenters. The fraction of sp³-hybridized carbons (Fsp3) is 0.417. The van der Waals surface area contributed by atoms with Crippen LogP contribution in [0.15, 0.2) is 27.4 Å². The molecule has 2 N–H and O–H groups in total. The summed E-state index contributed by atoms with van der Waals surface area (Å²) in [5.74, 6) is 0.551. The standard InChI is InChI=1S/C12H16N4OS2/c1-12(2,3)15-10(13)19-7-8-6-9(17)16-4-5-18-11(16)14-8/h4-6H,7H2,1-3H3,(H2,13,15). The quantitative estimate of drug-likeness (QED) is 0.680. The molecular weight excluding hydrogens is 280 g/mol. The van der Waals surface area contributed by atoms with Crippen LogP contribution in [0.2, 0.25) is 0 Å². The fourth-order valence-corrected chi connectivity index (χ4v) is 2.99. The largest absolute Gasteiger partial charge is 0.379 e. The number of aliphatic imine (C=N–C) groups is 1. The Bertz CT molecular complexity index is 666. The third-order valence-corrected chi connectivity index (χ3v) is 3.75. The lowest BCUT2D eigenvalue weighted by atomic mass is 10.1. The van der Waals surface area contributed by atoms with Gasteiger partial charge in [-0.2, -0.15) is 0 Å². The monoisotopic (exact) mass is 296 g/mol. The van der Waals surface area contributed by atoms with Crippen molar-refractivity contribution in [3.8, 4) is 0 Å². The molecule has 2 aromatic rings. The maximum absolute atomic E-state index is 11.8. The molecule has 0 saturated carbocycles. The van der Waals surface area contributed by atoms with Crippen LogP contribution in [0, 0.1) is 0 Å². The smallest absolute Gasteiger partial charge is 0.258 e. The summed E-state index contributed by atoms with van der Waals surface area (Å²) in [5, 5.41) is 2.36. The van der Waals surface area contributed by atoms with E-state index in [1.54, 1.807) is 6.20 Å². The molecule has 0 amide bonds. The van der Waals surface area contributed by atoms with Crippen molar-refractivity contribution in [3.05, 3.63) is 33.7 Å². The Balaban J connectivity index is 2.14. The summed E-state index contributed by atoms with van der Waals surface area (Å²) in [6, 6.07) is 1.54. The highest BCUT2D eigenvalue weighted by Gasteiger charge is 2.09. The van der Waals surface area contributed by atoms with E-state index in [1.807, 2.05) is 26.2 Å². The Morgan fingerprint density at radius 3 is 3.00 bits per heavy atom. The zero-order valence-electron chi connectivity index (χ0n) is 11.1. The minimum Gasteiger partial charge on any atom is -0.379 e. The van der Waals surface area contributed by atoms with Crippen LogP contribution in [0.25, 0.3) is 4.96 Å². The summed E-state index contributed by atoms with van der Waals surface area (Å²) < 4.78 is 1.53. The van der Waals surface area contributed by atoms with Crippen LogP contribution in [0.4, 0.5) is 0 Å². The van der Waals surface area contributed by atoms with E-state index in [0.29, 0.717) is 15.9 Å². The minimum atomic E-state index is -0.193. The summed E-state index contributed by atoms with van der Waals surface area (Å²) in [6.45, 7) is 5.97. The molecule has 19 heavy (non-hydrogen) atoms. The van der Waals surface area contributed by atoms with Crippen molar-refractivity contribution < 1.29 is 0 Å². The van der Waals surface area contributed by atoms with E-state index in [4.69, 9.17) is 5.73 Å².